The van der Waals surface area contributed by atoms with Crippen LogP contribution in [0.25, 0.3) is 0 Å². The molecule has 1 aromatic heterocycles. The first-order chi connectivity index (χ1) is 9.52. The Morgan fingerprint density at radius 3 is 2.65 bits per heavy atom. The average molecular weight is 275 g/mol. The molecular formula is C17H29N3. The third kappa shape index (κ3) is 3.95. The number of hydrogen-bond donors (Lipinski definition) is 1. The first-order valence-electron chi connectivity index (χ1n) is 7.96. The van der Waals surface area contributed by atoms with Crippen molar-refractivity contribution in [2.45, 2.75) is 59.5 Å². The normalized spacial score (nSPS) is 18.6. The Balaban J connectivity index is 1.98. The zero-order valence-electron chi connectivity index (χ0n) is 13.4. The number of piperidine rings is 1. The smallest absolute Gasteiger partial charge is 0.128 e. The largest absolute Gasteiger partial charge is 0.357 e. The highest BCUT2D eigenvalue weighted by molar-refractivity contribution is 5.41. The van der Waals surface area contributed by atoms with Crippen LogP contribution in [0.4, 0.5) is 5.82 Å². The molecule has 0 spiro atoms. The van der Waals surface area contributed by atoms with Gasteiger partial charge in [-0.1, -0.05) is 34.1 Å². The van der Waals surface area contributed by atoms with E-state index in [-0.39, 0.29) is 0 Å². The zero-order valence-corrected chi connectivity index (χ0v) is 13.4. The highest BCUT2D eigenvalue weighted by Crippen LogP contribution is 2.35. The van der Waals surface area contributed by atoms with Crippen molar-refractivity contribution < 1.29 is 0 Å². The van der Waals surface area contributed by atoms with Crippen LogP contribution in [0.3, 0.4) is 0 Å². The van der Waals surface area contributed by atoms with Gasteiger partial charge in [-0.05, 0) is 36.0 Å². The third-order valence-corrected chi connectivity index (χ3v) is 4.67. The summed E-state index contributed by atoms with van der Waals surface area (Å²) in [5.74, 6) is 1.14. The SMILES string of the molecule is CCC1(C)CCN(c2cc(CNC(C)C)ccn2)CC1. The maximum atomic E-state index is 4.56. The van der Waals surface area contributed by atoms with Gasteiger partial charge in [-0.3, -0.25) is 0 Å². The Morgan fingerprint density at radius 1 is 1.35 bits per heavy atom. The van der Waals surface area contributed by atoms with E-state index >= 15 is 0 Å². The molecule has 0 aliphatic carbocycles. The fourth-order valence-electron chi connectivity index (χ4n) is 2.69. The molecule has 1 saturated heterocycles. The van der Waals surface area contributed by atoms with E-state index in [4.69, 9.17) is 0 Å². The molecule has 2 rings (SSSR count). The highest BCUT2D eigenvalue weighted by Gasteiger charge is 2.28. The van der Waals surface area contributed by atoms with Gasteiger partial charge in [0.25, 0.3) is 0 Å². The minimum absolute atomic E-state index is 0.520. The van der Waals surface area contributed by atoms with Crippen LogP contribution in [0.1, 0.15) is 52.5 Å². The molecule has 3 nitrogen and oxygen atoms in total. The summed E-state index contributed by atoms with van der Waals surface area (Å²) in [5.41, 5.74) is 1.86. The van der Waals surface area contributed by atoms with Gasteiger partial charge in [0.1, 0.15) is 5.82 Å². The van der Waals surface area contributed by atoms with Gasteiger partial charge in [-0.25, -0.2) is 4.98 Å². The second-order valence-corrected chi connectivity index (χ2v) is 6.71. The lowest BCUT2D eigenvalue weighted by molar-refractivity contribution is 0.238. The zero-order chi connectivity index (χ0) is 14.6. The average Bonchev–Trinajstić information content (AvgIpc) is 2.46. The number of pyridine rings is 1. The summed E-state index contributed by atoms with van der Waals surface area (Å²) in [6.45, 7) is 12.3. The molecule has 1 N–H and O–H groups in total. The number of rotatable bonds is 5. The van der Waals surface area contributed by atoms with Crippen LogP contribution in [0, 0.1) is 5.41 Å². The number of anilines is 1. The second-order valence-electron chi connectivity index (χ2n) is 6.71. The summed E-state index contributed by atoms with van der Waals surface area (Å²) in [4.78, 5) is 7.00. The lowest BCUT2D eigenvalue weighted by Gasteiger charge is -2.39. The Hall–Kier alpha value is -1.09. The fraction of sp³-hybridized carbons (Fsp3) is 0.706. The van der Waals surface area contributed by atoms with Gasteiger partial charge in [0.15, 0.2) is 0 Å². The Bertz CT molecular complexity index is 420. The summed E-state index contributed by atoms with van der Waals surface area (Å²) in [6.07, 6.45) is 5.78. The Morgan fingerprint density at radius 2 is 2.05 bits per heavy atom. The number of hydrogen-bond acceptors (Lipinski definition) is 3. The maximum absolute atomic E-state index is 4.56. The van der Waals surface area contributed by atoms with Crippen LogP contribution in [0.2, 0.25) is 0 Å². The van der Waals surface area contributed by atoms with E-state index in [0.29, 0.717) is 11.5 Å². The van der Waals surface area contributed by atoms with Crippen LogP contribution in [0.15, 0.2) is 18.3 Å². The van der Waals surface area contributed by atoms with Gasteiger partial charge in [0.05, 0.1) is 0 Å². The molecule has 0 amide bonds. The van der Waals surface area contributed by atoms with Gasteiger partial charge in [0, 0.05) is 31.9 Å². The van der Waals surface area contributed by atoms with Crippen molar-refractivity contribution >= 4 is 5.82 Å². The molecule has 3 heteroatoms. The summed E-state index contributed by atoms with van der Waals surface area (Å²) >= 11 is 0. The topological polar surface area (TPSA) is 28.2 Å². The lowest BCUT2D eigenvalue weighted by Crippen LogP contribution is -2.38. The van der Waals surface area contributed by atoms with E-state index in [1.807, 2.05) is 6.20 Å². The molecule has 0 unspecified atom stereocenters. The van der Waals surface area contributed by atoms with Crippen LogP contribution >= 0.6 is 0 Å². The van der Waals surface area contributed by atoms with Crippen molar-refractivity contribution in [2.75, 3.05) is 18.0 Å². The van der Waals surface area contributed by atoms with Crippen LogP contribution in [-0.4, -0.2) is 24.1 Å². The van der Waals surface area contributed by atoms with Crippen molar-refractivity contribution in [2.24, 2.45) is 5.41 Å². The number of nitrogens with zero attached hydrogens (tertiary/aromatic N) is 2. The minimum atomic E-state index is 0.520. The molecule has 0 saturated carbocycles. The number of nitrogens with one attached hydrogen (secondary N) is 1. The molecule has 0 aromatic carbocycles. The summed E-state index contributed by atoms with van der Waals surface area (Å²) in [6, 6.07) is 4.87. The highest BCUT2D eigenvalue weighted by atomic mass is 15.2. The summed E-state index contributed by atoms with van der Waals surface area (Å²) < 4.78 is 0. The van der Waals surface area contributed by atoms with Crippen molar-refractivity contribution in [3.8, 4) is 0 Å². The summed E-state index contributed by atoms with van der Waals surface area (Å²) in [5, 5.41) is 3.47. The molecule has 0 radical (unpaired) electrons. The molecule has 2 heterocycles. The predicted octanol–water partition coefficient (Wildman–Crippen LogP) is 3.60. The first-order valence-corrected chi connectivity index (χ1v) is 7.96. The van der Waals surface area contributed by atoms with Crippen LogP contribution in [0.5, 0.6) is 0 Å². The van der Waals surface area contributed by atoms with E-state index in [2.05, 4.69) is 55.0 Å². The lowest BCUT2D eigenvalue weighted by atomic mass is 9.78. The molecule has 1 aliphatic rings. The maximum Gasteiger partial charge on any atom is 0.128 e. The van der Waals surface area contributed by atoms with E-state index < -0.39 is 0 Å². The van der Waals surface area contributed by atoms with Gasteiger partial charge in [0.2, 0.25) is 0 Å². The van der Waals surface area contributed by atoms with Crippen molar-refractivity contribution in [3.63, 3.8) is 0 Å². The second kappa shape index (κ2) is 6.57. The number of aromatic nitrogens is 1. The molecule has 0 bridgehead atoms. The van der Waals surface area contributed by atoms with Crippen LogP contribution in [-0.2, 0) is 6.54 Å². The van der Waals surface area contributed by atoms with Gasteiger partial charge in [-0.2, -0.15) is 0 Å². The van der Waals surface area contributed by atoms with Crippen molar-refractivity contribution in [3.05, 3.63) is 23.9 Å². The molecule has 1 aliphatic heterocycles. The predicted molar refractivity (Wildman–Crippen MR) is 86.1 cm³/mol. The summed E-state index contributed by atoms with van der Waals surface area (Å²) in [7, 11) is 0. The monoisotopic (exact) mass is 275 g/mol. The van der Waals surface area contributed by atoms with Gasteiger partial charge in [-0.15, -0.1) is 0 Å². The molecule has 20 heavy (non-hydrogen) atoms. The van der Waals surface area contributed by atoms with E-state index in [1.54, 1.807) is 0 Å². The van der Waals surface area contributed by atoms with Crippen LogP contribution < -0.4 is 10.2 Å². The Labute approximate surface area is 123 Å². The van der Waals surface area contributed by atoms with Gasteiger partial charge < -0.3 is 10.2 Å². The van der Waals surface area contributed by atoms with E-state index in [0.717, 1.165) is 25.5 Å². The Kier molecular flexibility index (Phi) is 5.03. The molecule has 1 fully saturated rings. The minimum Gasteiger partial charge on any atom is -0.357 e. The fourth-order valence-corrected chi connectivity index (χ4v) is 2.69. The molecular weight excluding hydrogens is 246 g/mol. The standard InChI is InChI=1S/C17H29N3/c1-5-17(4)7-10-20(11-8-17)16-12-15(6-9-18-16)13-19-14(2)3/h6,9,12,14,19H,5,7-8,10-11,13H2,1-4H3. The van der Waals surface area contributed by atoms with E-state index in [1.165, 1.54) is 24.8 Å². The van der Waals surface area contributed by atoms with Crippen molar-refractivity contribution in [1.29, 1.82) is 0 Å². The quantitative estimate of drug-likeness (QED) is 0.890. The van der Waals surface area contributed by atoms with E-state index in [9.17, 15) is 0 Å². The third-order valence-electron chi connectivity index (χ3n) is 4.67. The van der Waals surface area contributed by atoms with Gasteiger partial charge >= 0.3 is 0 Å². The first kappa shape index (κ1) is 15.3. The molecule has 112 valence electrons. The van der Waals surface area contributed by atoms with Crippen molar-refractivity contribution in [1.82, 2.24) is 10.3 Å². The molecule has 0 atom stereocenters. The molecule has 1 aromatic rings.